The van der Waals surface area contributed by atoms with Crippen LogP contribution in [0.5, 0.6) is 0 Å². The maximum atomic E-state index is 4.39. The molecule has 0 heterocycles. The second-order valence-corrected chi connectivity index (χ2v) is 5.05. The minimum atomic E-state index is 0.869. The Bertz CT molecular complexity index is 76.6. The average Bonchev–Trinajstić information content (AvgIpc) is 2.23. The number of hydrogen-bond acceptors (Lipinski definition) is 1. The van der Waals surface area contributed by atoms with Crippen LogP contribution in [0, 0.1) is 0 Å². The summed E-state index contributed by atoms with van der Waals surface area (Å²) in [6.07, 6.45) is 14.4. The maximum absolute atomic E-state index is 4.39. The van der Waals surface area contributed by atoms with Crippen molar-refractivity contribution in [2.24, 2.45) is 0 Å². The highest BCUT2D eigenvalue weighted by Crippen LogP contribution is 2.09. The molecule has 0 N–H and O–H groups in total. The third-order valence-corrected chi connectivity index (χ3v) is 2.46. The third-order valence-electron chi connectivity index (χ3n) is 2.46. The van der Waals surface area contributed by atoms with Gasteiger partial charge in [0.25, 0.3) is 0 Å². The summed E-state index contributed by atoms with van der Waals surface area (Å²) in [4.78, 5) is 0. The molecule has 1 nitrogen and oxygen atoms in total. The van der Waals surface area contributed by atoms with Crippen molar-refractivity contribution in [2.45, 2.75) is 78.1 Å². The highest BCUT2D eigenvalue weighted by Gasteiger charge is 1.90. The van der Waals surface area contributed by atoms with Crippen LogP contribution in [0.4, 0.5) is 0 Å². The predicted molar refractivity (Wildman–Crippen MR) is 74.5 cm³/mol. The average molecular weight is 232 g/mol. The summed E-state index contributed by atoms with van der Waals surface area (Å²) in [7, 11) is 2.56. The van der Waals surface area contributed by atoms with Gasteiger partial charge >= 0.3 is 0 Å². The Morgan fingerprint density at radius 2 is 0.867 bits per heavy atom. The molecule has 0 aliphatic heterocycles. The van der Waals surface area contributed by atoms with E-state index in [1.807, 2.05) is 0 Å². The van der Waals surface area contributed by atoms with Crippen molar-refractivity contribution in [3.05, 3.63) is 0 Å². The third kappa shape index (κ3) is 25.0. The van der Waals surface area contributed by atoms with Gasteiger partial charge in [0.2, 0.25) is 0 Å². The summed E-state index contributed by atoms with van der Waals surface area (Å²) in [5.74, 6) is 0. The van der Waals surface area contributed by atoms with Crippen LogP contribution in [0.15, 0.2) is 0 Å². The first-order chi connectivity index (χ1) is 7.33. The lowest BCUT2D eigenvalue weighted by Gasteiger charge is -1.99. The molecule has 0 rings (SSSR count). The van der Waals surface area contributed by atoms with Crippen molar-refractivity contribution in [2.75, 3.05) is 7.11 Å². The molecule has 0 bridgehead atoms. The van der Waals surface area contributed by atoms with E-state index in [1.54, 1.807) is 7.11 Å². The molecule has 0 spiro atoms. The van der Waals surface area contributed by atoms with Gasteiger partial charge in [0.05, 0.1) is 0 Å². The van der Waals surface area contributed by atoms with Crippen molar-refractivity contribution in [1.82, 2.24) is 0 Å². The Morgan fingerprint density at radius 1 is 0.667 bits per heavy atom. The van der Waals surface area contributed by atoms with E-state index >= 15 is 0 Å². The SMILES string of the molecule is CCCCCCCCCCCC.CO[SiH3]. The topological polar surface area (TPSA) is 9.23 Å². The van der Waals surface area contributed by atoms with Crippen molar-refractivity contribution in [1.29, 1.82) is 0 Å². The second kappa shape index (κ2) is 19.7. The zero-order chi connectivity index (χ0) is 11.8. The molecule has 0 aliphatic carbocycles. The largest absolute Gasteiger partial charge is 0.431 e. The van der Waals surface area contributed by atoms with E-state index in [4.69, 9.17) is 0 Å². The zero-order valence-corrected chi connectivity index (χ0v) is 13.5. The van der Waals surface area contributed by atoms with E-state index in [0.29, 0.717) is 0 Å². The Labute approximate surface area is 101 Å². The summed E-state index contributed by atoms with van der Waals surface area (Å²) in [5.41, 5.74) is 0. The molecule has 0 radical (unpaired) electrons. The Kier molecular flexibility index (Phi) is 23.1. The van der Waals surface area contributed by atoms with E-state index in [0.717, 1.165) is 10.5 Å². The van der Waals surface area contributed by atoms with Gasteiger partial charge < -0.3 is 4.43 Å². The maximum Gasteiger partial charge on any atom is 0.145 e. The number of rotatable bonds is 9. The molecule has 0 aliphatic rings. The summed E-state index contributed by atoms with van der Waals surface area (Å²) < 4.78 is 4.39. The lowest BCUT2D eigenvalue weighted by atomic mass is 10.1. The van der Waals surface area contributed by atoms with E-state index in [9.17, 15) is 0 Å². The predicted octanol–water partition coefficient (Wildman–Crippen LogP) is 3.84. The van der Waals surface area contributed by atoms with Gasteiger partial charge in [-0.25, -0.2) is 0 Å². The quantitative estimate of drug-likeness (QED) is 0.433. The lowest BCUT2D eigenvalue weighted by Crippen LogP contribution is -1.80. The molecule has 0 aromatic carbocycles. The summed E-state index contributed by atoms with van der Waals surface area (Å²) in [6, 6.07) is 0. The van der Waals surface area contributed by atoms with Crippen LogP contribution < -0.4 is 0 Å². The normalized spacial score (nSPS) is 9.80. The zero-order valence-electron chi connectivity index (χ0n) is 11.5. The lowest BCUT2D eigenvalue weighted by molar-refractivity contribution is 0.460. The molecular weight excluding hydrogens is 200 g/mol. The second-order valence-electron chi connectivity index (χ2n) is 4.24. The highest BCUT2D eigenvalue weighted by atomic mass is 28.2. The Morgan fingerprint density at radius 3 is 1.07 bits per heavy atom. The molecule has 94 valence electrons. The van der Waals surface area contributed by atoms with Crippen molar-refractivity contribution < 1.29 is 4.43 Å². The highest BCUT2D eigenvalue weighted by molar-refractivity contribution is 5.97. The first-order valence-corrected chi connectivity index (χ1v) is 7.55. The van der Waals surface area contributed by atoms with Gasteiger partial charge in [-0.2, -0.15) is 0 Å². The molecule has 2 heteroatoms. The first kappa shape index (κ1) is 17.6. The van der Waals surface area contributed by atoms with E-state index in [1.165, 1.54) is 64.2 Å². The van der Waals surface area contributed by atoms with Crippen molar-refractivity contribution in [3.8, 4) is 0 Å². The summed E-state index contributed by atoms with van der Waals surface area (Å²) in [6.45, 7) is 4.56. The van der Waals surface area contributed by atoms with Crippen LogP contribution in [0.1, 0.15) is 78.1 Å². The number of unbranched alkanes of at least 4 members (excludes halogenated alkanes) is 9. The van der Waals surface area contributed by atoms with Gasteiger partial charge in [0.1, 0.15) is 10.5 Å². The molecule has 0 saturated carbocycles. The minimum absolute atomic E-state index is 0.869. The molecule has 0 fully saturated rings. The van der Waals surface area contributed by atoms with Crippen LogP contribution in [-0.4, -0.2) is 17.6 Å². The van der Waals surface area contributed by atoms with E-state index in [2.05, 4.69) is 18.3 Å². The molecule has 15 heavy (non-hydrogen) atoms. The molecule has 0 aromatic rings. The summed E-state index contributed by atoms with van der Waals surface area (Å²) in [5, 5.41) is 0. The molecular formula is C13H32OSi. The van der Waals surface area contributed by atoms with E-state index < -0.39 is 0 Å². The first-order valence-electron chi connectivity index (χ1n) is 6.73. The van der Waals surface area contributed by atoms with Crippen molar-refractivity contribution in [3.63, 3.8) is 0 Å². The molecule has 0 saturated heterocycles. The van der Waals surface area contributed by atoms with Gasteiger partial charge in [0.15, 0.2) is 0 Å². The summed E-state index contributed by atoms with van der Waals surface area (Å²) >= 11 is 0. The Hall–Kier alpha value is 0.177. The van der Waals surface area contributed by atoms with Crippen LogP contribution in [-0.2, 0) is 4.43 Å². The molecule has 0 atom stereocenters. The smallest absolute Gasteiger partial charge is 0.145 e. The minimum Gasteiger partial charge on any atom is -0.431 e. The fourth-order valence-corrected chi connectivity index (χ4v) is 1.56. The molecule has 0 amide bonds. The number of hydrogen-bond donors (Lipinski definition) is 0. The van der Waals surface area contributed by atoms with E-state index in [-0.39, 0.29) is 0 Å². The van der Waals surface area contributed by atoms with Crippen molar-refractivity contribution >= 4 is 10.5 Å². The van der Waals surface area contributed by atoms with Crippen LogP contribution >= 0.6 is 0 Å². The van der Waals surface area contributed by atoms with Gasteiger partial charge in [-0.05, 0) is 0 Å². The fraction of sp³-hybridized carbons (Fsp3) is 1.00. The fourth-order valence-electron chi connectivity index (χ4n) is 1.56. The standard InChI is InChI=1S/C12H26.CH6OSi/c1-3-5-7-9-11-12-10-8-6-4-2;1-2-3/h3-12H2,1-2H3;1,3H3. The van der Waals surface area contributed by atoms with Crippen LogP contribution in [0.2, 0.25) is 0 Å². The monoisotopic (exact) mass is 232 g/mol. The van der Waals surface area contributed by atoms with Crippen LogP contribution in [0.3, 0.4) is 0 Å². The van der Waals surface area contributed by atoms with Crippen LogP contribution in [0.25, 0.3) is 0 Å². The molecule has 0 aromatic heterocycles. The van der Waals surface area contributed by atoms with Gasteiger partial charge in [-0.1, -0.05) is 78.1 Å². The van der Waals surface area contributed by atoms with Gasteiger partial charge in [-0.15, -0.1) is 0 Å². The Balaban J connectivity index is 0. The van der Waals surface area contributed by atoms with Gasteiger partial charge in [0, 0.05) is 7.11 Å². The van der Waals surface area contributed by atoms with Gasteiger partial charge in [-0.3, -0.25) is 0 Å². The molecule has 0 unspecified atom stereocenters.